The first-order valence-electron chi connectivity index (χ1n) is 7.35. The molecule has 2 atom stereocenters. The summed E-state index contributed by atoms with van der Waals surface area (Å²) in [6.07, 6.45) is 0.635. The molecule has 5 nitrogen and oxygen atoms in total. The molecule has 0 aliphatic heterocycles. The zero-order chi connectivity index (χ0) is 15.4. The summed E-state index contributed by atoms with van der Waals surface area (Å²) in [5, 5.41) is 2.85. The molecule has 0 saturated heterocycles. The van der Waals surface area contributed by atoms with Gasteiger partial charge in [-0.15, -0.1) is 0 Å². The Morgan fingerprint density at radius 1 is 1.24 bits per heavy atom. The molecule has 0 aromatic heterocycles. The maximum absolute atomic E-state index is 12.2. The average molecular weight is 290 g/mol. The first-order chi connectivity index (χ1) is 10.1. The summed E-state index contributed by atoms with van der Waals surface area (Å²) in [6, 6.07) is 7.27. The van der Waals surface area contributed by atoms with E-state index in [4.69, 9.17) is 4.74 Å². The van der Waals surface area contributed by atoms with Gasteiger partial charge in [0.05, 0.1) is 24.6 Å². The van der Waals surface area contributed by atoms with Crippen LogP contribution in [0.5, 0.6) is 5.75 Å². The van der Waals surface area contributed by atoms with Gasteiger partial charge in [-0.25, -0.2) is 0 Å². The largest absolute Gasteiger partial charge is 0.495 e. The molecular weight excluding hydrogens is 268 g/mol. The minimum absolute atomic E-state index is 0.0835. The van der Waals surface area contributed by atoms with Crippen LogP contribution in [0.25, 0.3) is 0 Å². The molecule has 5 heteroatoms. The van der Waals surface area contributed by atoms with E-state index in [1.807, 2.05) is 26.0 Å². The SMILES string of the molecule is CCN(CC)C(=O)C1CC1C(=O)Nc1ccccc1OC. The summed E-state index contributed by atoms with van der Waals surface area (Å²) in [5.41, 5.74) is 0.644. The van der Waals surface area contributed by atoms with Gasteiger partial charge in [0.1, 0.15) is 5.75 Å². The molecule has 0 spiro atoms. The third-order valence-electron chi connectivity index (χ3n) is 3.88. The number of amides is 2. The molecule has 1 aliphatic rings. The molecular formula is C16H22N2O3. The van der Waals surface area contributed by atoms with Gasteiger partial charge >= 0.3 is 0 Å². The minimum Gasteiger partial charge on any atom is -0.495 e. The van der Waals surface area contributed by atoms with Crippen molar-refractivity contribution in [3.05, 3.63) is 24.3 Å². The lowest BCUT2D eigenvalue weighted by molar-refractivity contribution is -0.133. The summed E-state index contributed by atoms with van der Waals surface area (Å²) in [4.78, 5) is 26.2. The Morgan fingerprint density at radius 3 is 2.52 bits per heavy atom. The van der Waals surface area contributed by atoms with Gasteiger partial charge in [0.15, 0.2) is 0 Å². The molecule has 1 saturated carbocycles. The number of methoxy groups -OCH3 is 1. The first kappa shape index (κ1) is 15.4. The molecule has 2 unspecified atom stereocenters. The van der Waals surface area contributed by atoms with Crippen LogP contribution in [0.15, 0.2) is 24.3 Å². The van der Waals surface area contributed by atoms with E-state index in [2.05, 4.69) is 5.32 Å². The van der Waals surface area contributed by atoms with Crippen molar-refractivity contribution in [2.24, 2.45) is 11.8 Å². The first-order valence-corrected chi connectivity index (χ1v) is 7.35. The Bertz CT molecular complexity index is 526. The van der Waals surface area contributed by atoms with Crippen molar-refractivity contribution in [3.8, 4) is 5.75 Å². The lowest BCUT2D eigenvalue weighted by Gasteiger charge is -2.18. The zero-order valence-electron chi connectivity index (χ0n) is 12.8. The quantitative estimate of drug-likeness (QED) is 0.873. The van der Waals surface area contributed by atoms with E-state index in [0.29, 0.717) is 30.9 Å². The molecule has 0 bridgehead atoms. The van der Waals surface area contributed by atoms with Gasteiger partial charge in [0.2, 0.25) is 11.8 Å². The molecule has 0 heterocycles. The van der Waals surface area contributed by atoms with Crippen LogP contribution >= 0.6 is 0 Å². The van der Waals surface area contributed by atoms with E-state index in [9.17, 15) is 9.59 Å². The van der Waals surface area contributed by atoms with E-state index < -0.39 is 0 Å². The molecule has 1 aromatic carbocycles. The van der Waals surface area contributed by atoms with E-state index in [0.717, 1.165) is 0 Å². The Hall–Kier alpha value is -2.04. The van der Waals surface area contributed by atoms with Gasteiger partial charge in [0.25, 0.3) is 0 Å². The van der Waals surface area contributed by atoms with Crippen molar-refractivity contribution in [2.75, 3.05) is 25.5 Å². The number of benzene rings is 1. The third kappa shape index (κ3) is 3.35. The Morgan fingerprint density at radius 2 is 1.90 bits per heavy atom. The summed E-state index contributed by atoms with van der Waals surface area (Å²) in [7, 11) is 1.56. The van der Waals surface area contributed by atoms with Gasteiger partial charge in [0, 0.05) is 13.1 Å². The van der Waals surface area contributed by atoms with Crippen molar-refractivity contribution in [2.45, 2.75) is 20.3 Å². The molecule has 1 N–H and O–H groups in total. The van der Waals surface area contributed by atoms with Crippen LogP contribution < -0.4 is 10.1 Å². The third-order valence-corrected chi connectivity index (χ3v) is 3.88. The van der Waals surface area contributed by atoms with E-state index in [-0.39, 0.29) is 23.7 Å². The number of nitrogens with zero attached hydrogens (tertiary/aromatic N) is 1. The number of ether oxygens (including phenoxy) is 1. The highest BCUT2D eigenvalue weighted by molar-refractivity contribution is 6.00. The molecule has 1 aromatic rings. The highest BCUT2D eigenvalue weighted by Crippen LogP contribution is 2.41. The van der Waals surface area contributed by atoms with E-state index in [1.54, 1.807) is 24.1 Å². The monoisotopic (exact) mass is 290 g/mol. The van der Waals surface area contributed by atoms with E-state index in [1.165, 1.54) is 0 Å². The van der Waals surface area contributed by atoms with Gasteiger partial charge < -0.3 is 15.0 Å². The molecule has 2 amide bonds. The van der Waals surface area contributed by atoms with Crippen molar-refractivity contribution >= 4 is 17.5 Å². The Kier molecular flexibility index (Phi) is 4.83. The lowest BCUT2D eigenvalue weighted by atomic mass is 10.2. The number of rotatable bonds is 6. The summed E-state index contributed by atoms with van der Waals surface area (Å²) in [5.74, 6) is 0.214. The maximum Gasteiger partial charge on any atom is 0.228 e. The van der Waals surface area contributed by atoms with Gasteiger partial charge in [-0.05, 0) is 32.4 Å². The molecule has 2 rings (SSSR count). The smallest absolute Gasteiger partial charge is 0.228 e. The predicted octanol–water partition coefficient (Wildman–Crippen LogP) is 2.14. The number of hydrogen-bond acceptors (Lipinski definition) is 3. The summed E-state index contributed by atoms with van der Waals surface area (Å²) in [6.45, 7) is 5.28. The van der Waals surface area contributed by atoms with Crippen LogP contribution in [0.4, 0.5) is 5.69 Å². The predicted molar refractivity (Wildman–Crippen MR) is 81.1 cm³/mol. The van der Waals surface area contributed by atoms with Gasteiger partial charge in [-0.1, -0.05) is 12.1 Å². The number of nitrogens with one attached hydrogen (secondary N) is 1. The second-order valence-electron chi connectivity index (χ2n) is 5.15. The number of carbonyl (C=O) groups excluding carboxylic acids is 2. The number of hydrogen-bond donors (Lipinski definition) is 1. The minimum atomic E-state index is -0.219. The standard InChI is InChI=1S/C16H22N2O3/c1-4-18(5-2)16(20)12-10-11(12)15(19)17-13-8-6-7-9-14(13)21-3/h6-9,11-12H,4-5,10H2,1-3H3,(H,17,19). The van der Waals surface area contributed by atoms with Crippen LogP contribution in [0, 0.1) is 11.8 Å². The average Bonchev–Trinajstić information content (AvgIpc) is 3.29. The molecule has 21 heavy (non-hydrogen) atoms. The zero-order valence-corrected chi connectivity index (χ0v) is 12.8. The van der Waals surface area contributed by atoms with Crippen molar-refractivity contribution < 1.29 is 14.3 Å². The van der Waals surface area contributed by atoms with Crippen LogP contribution in [0.3, 0.4) is 0 Å². The fourth-order valence-corrected chi connectivity index (χ4v) is 2.50. The number of anilines is 1. The van der Waals surface area contributed by atoms with Crippen LogP contribution in [-0.4, -0.2) is 36.9 Å². The Labute approximate surface area is 125 Å². The fraction of sp³-hybridized carbons (Fsp3) is 0.500. The Balaban J connectivity index is 1.96. The lowest BCUT2D eigenvalue weighted by Crippen LogP contribution is -2.33. The van der Waals surface area contributed by atoms with Crippen molar-refractivity contribution in [1.29, 1.82) is 0 Å². The fourth-order valence-electron chi connectivity index (χ4n) is 2.50. The highest BCUT2D eigenvalue weighted by atomic mass is 16.5. The normalized spacial score (nSPS) is 19.8. The van der Waals surface area contributed by atoms with Gasteiger partial charge in [-0.2, -0.15) is 0 Å². The van der Waals surface area contributed by atoms with Gasteiger partial charge in [-0.3, -0.25) is 9.59 Å². The number of para-hydroxylation sites is 2. The van der Waals surface area contributed by atoms with Crippen LogP contribution in [0.1, 0.15) is 20.3 Å². The summed E-state index contributed by atoms with van der Waals surface area (Å²) < 4.78 is 5.20. The molecule has 1 fully saturated rings. The number of carbonyl (C=O) groups is 2. The van der Waals surface area contributed by atoms with Crippen molar-refractivity contribution in [1.82, 2.24) is 4.90 Å². The molecule has 0 radical (unpaired) electrons. The summed E-state index contributed by atoms with van der Waals surface area (Å²) >= 11 is 0. The molecule has 1 aliphatic carbocycles. The van der Waals surface area contributed by atoms with Crippen LogP contribution in [0.2, 0.25) is 0 Å². The topological polar surface area (TPSA) is 58.6 Å². The molecule has 114 valence electrons. The van der Waals surface area contributed by atoms with Crippen molar-refractivity contribution in [3.63, 3.8) is 0 Å². The highest BCUT2D eigenvalue weighted by Gasteiger charge is 2.49. The maximum atomic E-state index is 12.2. The second-order valence-corrected chi connectivity index (χ2v) is 5.15. The second kappa shape index (κ2) is 6.61. The van der Waals surface area contributed by atoms with Crippen LogP contribution in [-0.2, 0) is 9.59 Å². The van der Waals surface area contributed by atoms with E-state index >= 15 is 0 Å².